The molecule has 0 aliphatic rings. The fourth-order valence-corrected chi connectivity index (χ4v) is 2.87. The van der Waals surface area contributed by atoms with Crippen molar-refractivity contribution in [2.75, 3.05) is 18.5 Å². The monoisotopic (exact) mass is 362 g/mol. The minimum absolute atomic E-state index is 0.0726. The van der Waals surface area contributed by atoms with Crippen LogP contribution in [0.2, 0.25) is 0 Å². The Hall–Kier alpha value is -3.34. The summed E-state index contributed by atoms with van der Waals surface area (Å²) in [5.41, 5.74) is 1.60. The molecule has 3 aromatic rings. The van der Waals surface area contributed by atoms with E-state index < -0.39 is 0 Å². The Morgan fingerprint density at radius 1 is 0.889 bits per heavy atom. The van der Waals surface area contributed by atoms with E-state index in [1.165, 1.54) is 0 Å². The average molecular weight is 362 g/mol. The molecule has 0 saturated heterocycles. The molecule has 2 N–H and O–H groups in total. The summed E-state index contributed by atoms with van der Waals surface area (Å²) in [6.45, 7) is 2.43. The number of carbonyl (C=O) groups is 2. The first-order valence-corrected chi connectivity index (χ1v) is 8.92. The lowest BCUT2D eigenvalue weighted by molar-refractivity contribution is -0.123. The number of rotatable bonds is 7. The van der Waals surface area contributed by atoms with Crippen LogP contribution in [0.1, 0.15) is 12.5 Å². The molecule has 0 spiro atoms. The van der Waals surface area contributed by atoms with E-state index in [2.05, 4.69) is 10.6 Å². The van der Waals surface area contributed by atoms with Crippen LogP contribution < -0.4 is 15.4 Å². The van der Waals surface area contributed by atoms with Gasteiger partial charge in [-0.15, -0.1) is 0 Å². The molecule has 0 unspecified atom stereocenters. The maximum Gasteiger partial charge on any atom is 0.243 e. The molecule has 0 aromatic heterocycles. The maximum atomic E-state index is 12.2. The van der Waals surface area contributed by atoms with Gasteiger partial charge in [-0.25, -0.2) is 0 Å². The van der Waals surface area contributed by atoms with Gasteiger partial charge in [-0.05, 0) is 47.5 Å². The quantitative estimate of drug-likeness (QED) is 0.676. The first-order chi connectivity index (χ1) is 13.2. The molecule has 0 aliphatic carbocycles. The van der Waals surface area contributed by atoms with E-state index in [1.54, 1.807) is 24.3 Å². The van der Waals surface area contributed by atoms with Crippen molar-refractivity contribution in [3.8, 4) is 5.75 Å². The Morgan fingerprint density at radius 2 is 1.63 bits per heavy atom. The molecule has 3 aromatic carbocycles. The van der Waals surface area contributed by atoms with Crippen molar-refractivity contribution in [2.45, 2.75) is 13.3 Å². The molecule has 0 atom stereocenters. The fourth-order valence-electron chi connectivity index (χ4n) is 2.87. The summed E-state index contributed by atoms with van der Waals surface area (Å²) >= 11 is 0. The van der Waals surface area contributed by atoms with Crippen LogP contribution in [0.4, 0.5) is 5.69 Å². The van der Waals surface area contributed by atoms with Crippen LogP contribution >= 0.6 is 0 Å². The van der Waals surface area contributed by atoms with Crippen molar-refractivity contribution >= 4 is 28.3 Å². The number of nitrogens with one attached hydrogen (secondary N) is 2. The number of hydrogen-bond acceptors (Lipinski definition) is 3. The molecular weight excluding hydrogens is 340 g/mol. The van der Waals surface area contributed by atoms with Crippen molar-refractivity contribution in [3.63, 3.8) is 0 Å². The number of amides is 2. The summed E-state index contributed by atoms with van der Waals surface area (Å²) in [4.78, 5) is 24.3. The van der Waals surface area contributed by atoms with Gasteiger partial charge in [0.15, 0.2) is 0 Å². The molecule has 138 valence electrons. The predicted octanol–water partition coefficient (Wildman–Crippen LogP) is 3.54. The van der Waals surface area contributed by atoms with Crippen molar-refractivity contribution < 1.29 is 14.3 Å². The Balaban J connectivity index is 1.51. The van der Waals surface area contributed by atoms with Crippen molar-refractivity contribution in [1.82, 2.24) is 5.32 Å². The molecule has 0 aliphatic heterocycles. The lowest BCUT2D eigenvalue weighted by Gasteiger charge is -2.09. The average Bonchev–Trinajstić information content (AvgIpc) is 2.68. The normalized spacial score (nSPS) is 10.4. The van der Waals surface area contributed by atoms with Gasteiger partial charge in [-0.1, -0.05) is 42.5 Å². The molecule has 3 rings (SSSR count). The lowest BCUT2D eigenvalue weighted by atomic mass is 10.0. The second kappa shape index (κ2) is 8.85. The number of fused-ring (bicyclic) bond motifs is 1. The van der Waals surface area contributed by atoms with Crippen LogP contribution in [0.25, 0.3) is 10.8 Å². The van der Waals surface area contributed by atoms with Gasteiger partial charge in [-0.2, -0.15) is 0 Å². The van der Waals surface area contributed by atoms with Crippen molar-refractivity contribution in [3.05, 3.63) is 72.3 Å². The highest BCUT2D eigenvalue weighted by atomic mass is 16.5. The molecule has 0 heterocycles. The molecule has 0 radical (unpaired) electrons. The fraction of sp³-hybridized carbons (Fsp3) is 0.182. The van der Waals surface area contributed by atoms with Crippen LogP contribution in [0, 0.1) is 0 Å². The Morgan fingerprint density at radius 3 is 2.41 bits per heavy atom. The Bertz CT molecular complexity index is 930. The number of hydrogen-bond donors (Lipinski definition) is 2. The summed E-state index contributed by atoms with van der Waals surface area (Å²) in [7, 11) is 0. The smallest absolute Gasteiger partial charge is 0.243 e. The summed E-state index contributed by atoms with van der Waals surface area (Å²) < 4.78 is 5.36. The molecule has 5 nitrogen and oxygen atoms in total. The standard InChI is InChI=1S/C22H22N2O3/c1-2-27-19-12-10-18(11-13-19)24-22(26)15-23-21(25)14-17-8-5-7-16-6-3-4-9-20(16)17/h3-13H,2,14-15H2,1H3,(H,23,25)(H,24,26). The predicted molar refractivity (Wildman–Crippen MR) is 107 cm³/mol. The summed E-state index contributed by atoms with van der Waals surface area (Å²) in [5.74, 6) is 0.289. The minimum atomic E-state index is -0.273. The van der Waals surface area contributed by atoms with E-state index in [0.29, 0.717) is 12.3 Å². The van der Waals surface area contributed by atoms with Crippen LogP contribution in [0.15, 0.2) is 66.7 Å². The third kappa shape index (κ3) is 5.07. The summed E-state index contributed by atoms with van der Waals surface area (Å²) in [5, 5.41) is 7.57. The number of benzene rings is 3. The molecule has 0 bridgehead atoms. The Labute approximate surface area is 158 Å². The van der Waals surface area contributed by atoms with E-state index in [0.717, 1.165) is 22.1 Å². The molecule has 5 heteroatoms. The SMILES string of the molecule is CCOc1ccc(NC(=O)CNC(=O)Cc2cccc3ccccc23)cc1. The maximum absolute atomic E-state index is 12.2. The van der Waals surface area contributed by atoms with Crippen LogP contribution in [0.5, 0.6) is 5.75 Å². The molecule has 2 amide bonds. The zero-order chi connectivity index (χ0) is 19.1. The van der Waals surface area contributed by atoms with Gasteiger partial charge in [0.25, 0.3) is 0 Å². The summed E-state index contributed by atoms with van der Waals surface area (Å²) in [6.07, 6.45) is 0.234. The zero-order valence-electron chi connectivity index (χ0n) is 15.2. The van der Waals surface area contributed by atoms with Gasteiger partial charge in [-0.3, -0.25) is 9.59 Å². The van der Waals surface area contributed by atoms with E-state index in [1.807, 2.05) is 49.4 Å². The van der Waals surface area contributed by atoms with Crippen molar-refractivity contribution in [1.29, 1.82) is 0 Å². The first-order valence-electron chi connectivity index (χ1n) is 8.92. The second-order valence-corrected chi connectivity index (χ2v) is 6.10. The largest absolute Gasteiger partial charge is 0.494 e. The Kier molecular flexibility index (Phi) is 6.05. The van der Waals surface area contributed by atoms with E-state index in [9.17, 15) is 9.59 Å². The molecule has 27 heavy (non-hydrogen) atoms. The van der Waals surface area contributed by atoms with E-state index in [4.69, 9.17) is 4.74 Å². The van der Waals surface area contributed by atoms with Gasteiger partial charge in [0, 0.05) is 5.69 Å². The highest BCUT2D eigenvalue weighted by molar-refractivity contribution is 5.95. The van der Waals surface area contributed by atoms with Gasteiger partial charge in [0.2, 0.25) is 11.8 Å². The number of anilines is 1. The molecule has 0 saturated carbocycles. The lowest BCUT2D eigenvalue weighted by Crippen LogP contribution is -2.33. The summed E-state index contributed by atoms with van der Waals surface area (Å²) in [6, 6.07) is 20.9. The number of carbonyl (C=O) groups excluding carboxylic acids is 2. The van der Waals surface area contributed by atoms with Gasteiger partial charge < -0.3 is 15.4 Å². The highest BCUT2D eigenvalue weighted by Crippen LogP contribution is 2.19. The van der Waals surface area contributed by atoms with Crippen LogP contribution in [-0.2, 0) is 16.0 Å². The molecule has 0 fully saturated rings. The number of ether oxygens (including phenoxy) is 1. The van der Waals surface area contributed by atoms with Gasteiger partial charge >= 0.3 is 0 Å². The third-order valence-electron chi connectivity index (χ3n) is 4.13. The topological polar surface area (TPSA) is 67.4 Å². The van der Waals surface area contributed by atoms with Crippen molar-refractivity contribution in [2.24, 2.45) is 0 Å². The third-order valence-corrected chi connectivity index (χ3v) is 4.13. The highest BCUT2D eigenvalue weighted by Gasteiger charge is 2.09. The van der Waals surface area contributed by atoms with Gasteiger partial charge in [0.1, 0.15) is 5.75 Å². The van der Waals surface area contributed by atoms with E-state index >= 15 is 0 Å². The minimum Gasteiger partial charge on any atom is -0.494 e. The van der Waals surface area contributed by atoms with E-state index in [-0.39, 0.29) is 24.8 Å². The second-order valence-electron chi connectivity index (χ2n) is 6.10. The first kappa shape index (κ1) is 18.5. The zero-order valence-corrected chi connectivity index (χ0v) is 15.2. The van der Waals surface area contributed by atoms with Gasteiger partial charge in [0.05, 0.1) is 19.6 Å². The van der Waals surface area contributed by atoms with Crippen LogP contribution in [0.3, 0.4) is 0 Å². The van der Waals surface area contributed by atoms with Crippen LogP contribution in [-0.4, -0.2) is 25.0 Å². The molecular formula is C22H22N2O3.